The Bertz CT molecular complexity index is 787. The van der Waals surface area contributed by atoms with Gasteiger partial charge in [-0.3, -0.25) is 24.2 Å². The van der Waals surface area contributed by atoms with Crippen LogP contribution in [0.5, 0.6) is 0 Å². The molecule has 0 aliphatic carbocycles. The third-order valence-corrected chi connectivity index (χ3v) is 5.80. The molecule has 0 heterocycles. The van der Waals surface area contributed by atoms with Gasteiger partial charge < -0.3 is 43.6 Å². The summed E-state index contributed by atoms with van der Waals surface area (Å²) in [6.07, 6.45) is 1.71. The van der Waals surface area contributed by atoms with Gasteiger partial charge in [-0.25, -0.2) is 4.79 Å². The predicted molar refractivity (Wildman–Crippen MR) is 134 cm³/mol. The maximum Gasteiger partial charge on any atom is 0.326 e. The number of aliphatic carboxylic acids is 1. The molecular weight excluding hydrogens is 472 g/mol. The van der Waals surface area contributed by atoms with Crippen LogP contribution in [0.1, 0.15) is 53.4 Å². The Balaban J connectivity index is 4.71. The molecule has 0 fully saturated rings. The fourth-order valence-electron chi connectivity index (χ4n) is 2.99. The molecule has 0 aliphatic heterocycles. The van der Waals surface area contributed by atoms with Crippen LogP contribution in [0.25, 0.3) is 0 Å². The molecule has 206 valence electrons. The quantitative estimate of drug-likeness (QED) is 0.0592. The zero-order chi connectivity index (χ0) is 27.8. The molecule has 36 heavy (non-hydrogen) atoms. The van der Waals surface area contributed by atoms with Crippen LogP contribution in [-0.4, -0.2) is 78.4 Å². The maximum absolute atomic E-state index is 12.7. The maximum atomic E-state index is 12.7. The summed E-state index contributed by atoms with van der Waals surface area (Å²) in [6.45, 7) is 6.69. The number of amides is 4. The van der Waals surface area contributed by atoms with Gasteiger partial charge in [0.25, 0.3) is 0 Å². The molecule has 0 aromatic carbocycles. The number of aliphatic imine (C=N–C) groups is 1. The van der Waals surface area contributed by atoms with Crippen molar-refractivity contribution in [2.75, 3.05) is 19.6 Å². The summed E-state index contributed by atoms with van der Waals surface area (Å²) in [5.74, 6) is -4.02. The Morgan fingerprint density at radius 2 is 1.44 bits per heavy atom. The second-order valence-corrected chi connectivity index (χ2v) is 8.68. The highest BCUT2D eigenvalue weighted by Gasteiger charge is 2.29. The molecule has 0 saturated heterocycles. The van der Waals surface area contributed by atoms with Crippen LogP contribution >= 0.6 is 0 Å². The lowest BCUT2D eigenvalue weighted by Crippen LogP contribution is -2.56. The van der Waals surface area contributed by atoms with Crippen molar-refractivity contribution in [3.05, 3.63) is 0 Å². The van der Waals surface area contributed by atoms with E-state index < -0.39 is 60.8 Å². The first-order valence-electron chi connectivity index (χ1n) is 12.0. The minimum atomic E-state index is -1.24. The predicted octanol–water partition coefficient (Wildman–Crippen LogP) is -2.25. The molecule has 0 bridgehead atoms. The molecule has 4 amide bonds. The smallest absolute Gasteiger partial charge is 0.326 e. The number of nitrogens with one attached hydrogen (secondary N) is 4. The van der Waals surface area contributed by atoms with E-state index in [2.05, 4.69) is 26.3 Å². The minimum Gasteiger partial charge on any atom is -0.480 e. The Hall–Kier alpha value is -3.42. The first-order valence-corrected chi connectivity index (χ1v) is 12.0. The third kappa shape index (κ3) is 12.9. The summed E-state index contributed by atoms with van der Waals surface area (Å²) in [6, 6.07) is -2.83. The summed E-state index contributed by atoms with van der Waals surface area (Å²) in [5.41, 5.74) is 16.4. The average Bonchev–Trinajstić information content (AvgIpc) is 2.84. The highest BCUT2D eigenvalue weighted by atomic mass is 16.4. The second-order valence-electron chi connectivity index (χ2n) is 8.68. The van der Waals surface area contributed by atoms with Crippen molar-refractivity contribution in [2.45, 2.75) is 71.5 Å². The average molecular weight is 515 g/mol. The van der Waals surface area contributed by atoms with Gasteiger partial charge in [0.15, 0.2) is 5.96 Å². The number of nitrogens with two attached hydrogens (primary N) is 3. The van der Waals surface area contributed by atoms with Gasteiger partial charge in [0.1, 0.15) is 12.1 Å². The van der Waals surface area contributed by atoms with Crippen molar-refractivity contribution in [3.63, 3.8) is 0 Å². The van der Waals surface area contributed by atoms with E-state index in [1.54, 1.807) is 6.92 Å². The van der Waals surface area contributed by atoms with Crippen molar-refractivity contribution < 1.29 is 29.1 Å². The summed E-state index contributed by atoms with van der Waals surface area (Å²) in [7, 11) is 0. The molecule has 0 aromatic rings. The number of carbonyl (C=O) groups excluding carboxylic acids is 4. The van der Waals surface area contributed by atoms with Crippen LogP contribution in [0.3, 0.4) is 0 Å². The molecule has 0 aliphatic rings. The van der Waals surface area contributed by atoms with Gasteiger partial charge in [-0.1, -0.05) is 40.5 Å². The first kappa shape index (κ1) is 32.6. The van der Waals surface area contributed by atoms with Crippen LogP contribution < -0.4 is 38.5 Å². The molecule has 5 atom stereocenters. The van der Waals surface area contributed by atoms with Crippen LogP contribution in [0.4, 0.5) is 0 Å². The number of nitrogens with zero attached hydrogens (tertiary/aromatic N) is 1. The Labute approximate surface area is 211 Å². The fourth-order valence-corrected chi connectivity index (χ4v) is 2.99. The van der Waals surface area contributed by atoms with Crippen molar-refractivity contribution in [1.29, 1.82) is 0 Å². The van der Waals surface area contributed by atoms with Crippen LogP contribution in [0.2, 0.25) is 0 Å². The number of carbonyl (C=O) groups is 5. The number of guanidine groups is 1. The van der Waals surface area contributed by atoms with E-state index in [9.17, 15) is 29.1 Å². The van der Waals surface area contributed by atoms with Gasteiger partial charge >= 0.3 is 5.97 Å². The molecule has 0 saturated carbocycles. The molecule has 0 rings (SSSR count). The Morgan fingerprint density at radius 3 is 1.97 bits per heavy atom. The van der Waals surface area contributed by atoms with Gasteiger partial charge in [0.05, 0.1) is 19.1 Å². The minimum absolute atomic E-state index is 0.0680. The summed E-state index contributed by atoms with van der Waals surface area (Å²) in [4.78, 5) is 64.3. The topological polar surface area (TPSA) is 244 Å². The Morgan fingerprint density at radius 1 is 0.861 bits per heavy atom. The van der Waals surface area contributed by atoms with Gasteiger partial charge in [-0.05, 0) is 24.7 Å². The first-order chi connectivity index (χ1) is 16.8. The molecule has 14 heteroatoms. The number of hydrogen-bond acceptors (Lipinski definition) is 7. The number of carboxylic acid groups (broad SMARTS) is 1. The van der Waals surface area contributed by atoms with E-state index >= 15 is 0 Å². The van der Waals surface area contributed by atoms with E-state index in [1.807, 2.05) is 20.8 Å². The van der Waals surface area contributed by atoms with Gasteiger partial charge in [-0.2, -0.15) is 0 Å². The molecular formula is C22H42N8O6. The molecule has 0 radical (unpaired) electrons. The zero-order valence-corrected chi connectivity index (χ0v) is 21.5. The lowest BCUT2D eigenvalue weighted by molar-refractivity contribution is -0.142. The molecule has 14 nitrogen and oxygen atoms in total. The molecule has 0 aromatic heterocycles. The fraction of sp³-hybridized carbons (Fsp3) is 0.727. The largest absolute Gasteiger partial charge is 0.480 e. The normalized spacial score (nSPS) is 14.8. The van der Waals surface area contributed by atoms with Crippen molar-refractivity contribution in [3.8, 4) is 0 Å². The van der Waals surface area contributed by atoms with Crippen molar-refractivity contribution in [1.82, 2.24) is 21.3 Å². The van der Waals surface area contributed by atoms with Crippen molar-refractivity contribution >= 4 is 35.6 Å². The van der Waals surface area contributed by atoms with Gasteiger partial charge in [-0.15, -0.1) is 0 Å². The second kappa shape index (κ2) is 17.1. The highest BCUT2D eigenvalue weighted by Crippen LogP contribution is 2.10. The summed E-state index contributed by atoms with van der Waals surface area (Å²) < 4.78 is 0. The van der Waals surface area contributed by atoms with Crippen LogP contribution in [-0.2, 0) is 24.0 Å². The van der Waals surface area contributed by atoms with Crippen LogP contribution in [0, 0.1) is 11.8 Å². The van der Waals surface area contributed by atoms with Crippen molar-refractivity contribution in [2.24, 2.45) is 34.0 Å². The SMILES string of the molecule is CC[C@@H](C)[C@@H](N)C(=O)N[C@@H](C(=O)NCC(=O)NCC(=O)N[C@H](CCCN=C(N)N)C(=O)O)[C@H](C)CC. The number of rotatable bonds is 17. The van der Waals surface area contributed by atoms with E-state index in [4.69, 9.17) is 17.2 Å². The van der Waals surface area contributed by atoms with Gasteiger partial charge in [0.2, 0.25) is 23.6 Å². The molecule has 0 unspecified atom stereocenters. The van der Waals surface area contributed by atoms with E-state index in [1.165, 1.54) is 0 Å². The summed E-state index contributed by atoms with van der Waals surface area (Å²) >= 11 is 0. The van der Waals surface area contributed by atoms with E-state index in [0.717, 1.165) is 0 Å². The Kier molecular flexibility index (Phi) is 15.5. The lowest BCUT2D eigenvalue weighted by Gasteiger charge is -2.26. The van der Waals surface area contributed by atoms with Crippen LogP contribution in [0.15, 0.2) is 4.99 Å². The monoisotopic (exact) mass is 514 g/mol. The van der Waals surface area contributed by atoms with E-state index in [-0.39, 0.29) is 30.8 Å². The molecule has 11 N–H and O–H groups in total. The standard InChI is InChI=1S/C22H42N8O6/c1-5-12(3)17(23)19(33)30-18(13(4)6-2)20(34)28-10-15(31)27-11-16(32)29-14(21(35)36)8-7-9-26-22(24)25/h12-14,17-18H,5-11,23H2,1-4H3,(H,27,31)(H,28,34)(H,29,32)(H,30,33)(H,35,36)(H4,24,25,26)/t12-,13-,14-,17-,18-/m1/s1. The number of hydrogen-bond donors (Lipinski definition) is 8. The highest BCUT2D eigenvalue weighted by molar-refractivity contribution is 5.93. The summed E-state index contributed by atoms with van der Waals surface area (Å²) in [5, 5.41) is 19.0. The zero-order valence-electron chi connectivity index (χ0n) is 21.5. The number of carboxylic acids is 1. The molecule has 0 spiro atoms. The van der Waals surface area contributed by atoms with Gasteiger partial charge in [0, 0.05) is 6.54 Å². The lowest BCUT2D eigenvalue weighted by atomic mass is 9.95. The third-order valence-electron chi connectivity index (χ3n) is 5.80. The van der Waals surface area contributed by atoms with E-state index in [0.29, 0.717) is 19.3 Å².